The van der Waals surface area contributed by atoms with Crippen LogP contribution in [0.5, 0.6) is 0 Å². The lowest BCUT2D eigenvalue weighted by Gasteiger charge is -2.21. The first-order valence-electron chi connectivity index (χ1n) is 6.21. The molecule has 16 heavy (non-hydrogen) atoms. The molecule has 1 aliphatic carbocycles. The van der Waals surface area contributed by atoms with Crippen LogP contribution >= 0.6 is 15.9 Å². The summed E-state index contributed by atoms with van der Waals surface area (Å²) >= 11 is 3.57. The first-order chi connectivity index (χ1) is 7.74. The average molecular weight is 284 g/mol. The molecule has 4 heteroatoms. The van der Waals surface area contributed by atoms with Gasteiger partial charge in [-0.05, 0) is 47.5 Å². The molecule has 1 N–H and O–H groups in total. The molecular weight excluding hydrogens is 266 g/mol. The standard InChI is InChI=1S/C12H18BrN3/c1-8-4-5-16-11(6-8)10(15-12(16)13)7-14-9-2-3-9/h8-9,14H,2-7H2,1H3. The van der Waals surface area contributed by atoms with Crippen molar-refractivity contribution >= 4 is 15.9 Å². The molecule has 0 saturated heterocycles. The van der Waals surface area contributed by atoms with Crippen LogP contribution in [0.1, 0.15) is 37.6 Å². The van der Waals surface area contributed by atoms with E-state index in [4.69, 9.17) is 0 Å². The molecule has 1 atom stereocenters. The van der Waals surface area contributed by atoms with Crippen molar-refractivity contribution in [1.82, 2.24) is 14.9 Å². The summed E-state index contributed by atoms with van der Waals surface area (Å²) in [7, 11) is 0. The van der Waals surface area contributed by atoms with Crippen LogP contribution in [0.3, 0.4) is 0 Å². The average Bonchev–Trinajstić information content (AvgIpc) is 3.03. The number of hydrogen-bond donors (Lipinski definition) is 1. The van der Waals surface area contributed by atoms with E-state index in [1.165, 1.54) is 37.1 Å². The number of hydrogen-bond acceptors (Lipinski definition) is 2. The highest BCUT2D eigenvalue weighted by Crippen LogP contribution is 2.27. The third kappa shape index (κ3) is 2.05. The molecule has 0 bridgehead atoms. The first-order valence-corrected chi connectivity index (χ1v) is 7.00. The summed E-state index contributed by atoms with van der Waals surface area (Å²) in [4.78, 5) is 4.64. The molecule has 3 rings (SSSR count). The van der Waals surface area contributed by atoms with E-state index in [-0.39, 0.29) is 0 Å². The van der Waals surface area contributed by atoms with E-state index in [9.17, 15) is 0 Å². The Morgan fingerprint density at radius 3 is 3.00 bits per heavy atom. The predicted octanol–water partition coefficient (Wildman–Crippen LogP) is 2.48. The molecule has 1 aromatic rings. The van der Waals surface area contributed by atoms with E-state index < -0.39 is 0 Å². The maximum absolute atomic E-state index is 4.64. The maximum Gasteiger partial charge on any atom is 0.177 e. The number of rotatable bonds is 3. The van der Waals surface area contributed by atoms with Gasteiger partial charge in [0.2, 0.25) is 0 Å². The van der Waals surface area contributed by atoms with Crippen LogP contribution in [0.4, 0.5) is 0 Å². The fraction of sp³-hybridized carbons (Fsp3) is 0.750. The van der Waals surface area contributed by atoms with Gasteiger partial charge in [0.1, 0.15) is 0 Å². The van der Waals surface area contributed by atoms with Gasteiger partial charge in [0.05, 0.1) is 5.69 Å². The largest absolute Gasteiger partial charge is 0.322 e. The zero-order chi connectivity index (χ0) is 11.1. The minimum Gasteiger partial charge on any atom is -0.322 e. The van der Waals surface area contributed by atoms with Gasteiger partial charge in [0, 0.05) is 24.8 Å². The third-order valence-electron chi connectivity index (χ3n) is 3.63. The number of imidazole rings is 1. The number of nitrogens with zero attached hydrogens (tertiary/aromatic N) is 2. The van der Waals surface area contributed by atoms with Crippen LogP contribution in [0.25, 0.3) is 0 Å². The Balaban J connectivity index is 1.80. The molecule has 0 radical (unpaired) electrons. The second-order valence-corrected chi connectivity index (χ2v) is 5.89. The quantitative estimate of drug-likeness (QED) is 0.924. The molecule has 1 aliphatic heterocycles. The van der Waals surface area contributed by atoms with Crippen LogP contribution in [0.15, 0.2) is 4.73 Å². The van der Waals surface area contributed by atoms with Crippen molar-refractivity contribution in [3.05, 3.63) is 16.1 Å². The molecular formula is C12H18BrN3. The maximum atomic E-state index is 4.64. The van der Waals surface area contributed by atoms with Crippen LogP contribution in [0.2, 0.25) is 0 Å². The minimum atomic E-state index is 0.761. The second-order valence-electron chi connectivity index (χ2n) is 5.18. The zero-order valence-corrected chi connectivity index (χ0v) is 11.3. The zero-order valence-electron chi connectivity index (χ0n) is 9.67. The van der Waals surface area contributed by atoms with Crippen LogP contribution < -0.4 is 5.32 Å². The number of fused-ring (bicyclic) bond motifs is 1. The topological polar surface area (TPSA) is 29.9 Å². The monoisotopic (exact) mass is 283 g/mol. The van der Waals surface area contributed by atoms with E-state index in [0.717, 1.165) is 29.8 Å². The number of aromatic nitrogens is 2. The lowest BCUT2D eigenvalue weighted by molar-refractivity contribution is 0.410. The SMILES string of the molecule is CC1CCn2c(Br)nc(CNC3CC3)c2C1. The lowest BCUT2D eigenvalue weighted by atomic mass is 9.97. The molecule has 2 aliphatic rings. The van der Waals surface area contributed by atoms with Gasteiger partial charge in [0.15, 0.2) is 4.73 Å². The molecule has 1 saturated carbocycles. The third-order valence-corrected chi connectivity index (χ3v) is 4.24. The van der Waals surface area contributed by atoms with E-state index in [2.05, 4.69) is 37.7 Å². The first kappa shape index (κ1) is 10.8. The second kappa shape index (κ2) is 4.15. The van der Waals surface area contributed by atoms with Crippen molar-refractivity contribution in [3.63, 3.8) is 0 Å². The van der Waals surface area contributed by atoms with E-state index in [1.54, 1.807) is 0 Å². The molecule has 1 aromatic heterocycles. The van der Waals surface area contributed by atoms with Gasteiger partial charge < -0.3 is 9.88 Å². The summed E-state index contributed by atoms with van der Waals surface area (Å²) in [5.74, 6) is 0.802. The molecule has 88 valence electrons. The van der Waals surface area contributed by atoms with Crippen molar-refractivity contribution in [2.45, 2.75) is 51.7 Å². The molecule has 0 spiro atoms. The number of halogens is 1. The highest BCUT2D eigenvalue weighted by molar-refractivity contribution is 9.10. The van der Waals surface area contributed by atoms with Gasteiger partial charge in [0.25, 0.3) is 0 Å². The number of nitrogens with one attached hydrogen (secondary N) is 1. The molecule has 1 unspecified atom stereocenters. The van der Waals surface area contributed by atoms with Gasteiger partial charge in [-0.25, -0.2) is 4.98 Å². The van der Waals surface area contributed by atoms with Crippen molar-refractivity contribution < 1.29 is 0 Å². The Morgan fingerprint density at radius 1 is 1.44 bits per heavy atom. The minimum absolute atomic E-state index is 0.761. The fourth-order valence-corrected chi connectivity index (χ4v) is 3.02. The summed E-state index contributed by atoms with van der Waals surface area (Å²) in [6, 6.07) is 0.761. The molecule has 1 fully saturated rings. The van der Waals surface area contributed by atoms with Gasteiger partial charge in [-0.1, -0.05) is 6.92 Å². The highest BCUT2D eigenvalue weighted by atomic mass is 79.9. The fourth-order valence-electron chi connectivity index (χ4n) is 2.41. The normalized spacial score (nSPS) is 24.5. The Labute approximate surface area is 105 Å². The summed E-state index contributed by atoms with van der Waals surface area (Å²) < 4.78 is 3.35. The van der Waals surface area contributed by atoms with Crippen molar-refractivity contribution in [3.8, 4) is 0 Å². The van der Waals surface area contributed by atoms with E-state index in [0.29, 0.717) is 0 Å². The van der Waals surface area contributed by atoms with Gasteiger partial charge in [-0.2, -0.15) is 0 Å². The molecule has 3 nitrogen and oxygen atoms in total. The van der Waals surface area contributed by atoms with Crippen molar-refractivity contribution in [2.75, 3.05) is 0 Å². The summed E-state index contributed by atoms with van der Waals surface area (Å²) in [6.07, 6.45) is 5.14. The smallest absolute Gasteiger partial charge is 0.177 e. The van der Waals surface area contributed by atoms with Crippen LogP contribution in [0, 0.1) is 5.92 Å². The van der Waals surface area contributed by atoms with E-state index >= 15 is 0 Å². The van der Waals surface area contributed by atoms with Crippen LogP contribution in [-0.4, -0.2) is 15.6 Å². The lowest BCUT2D eigenvalue weighted by Crippen LogP contribution is -2.21. The Kier molecular flexibility index (Phi) is 2.80. The summed E-state index contributed by atoms with van der Waals surface area (Å²) in [5.41, 5.74) is 2.70. The van der Waals surface area contributed by atoms with E-state index in [1.807, 2.05) is 0 Å². The van der Waals surface area contributed by atoms with Crippen LogP contribution in [-0.2, 0) is 19.5 Å². The summed E-state index contributed by atoms with van der Waals surface area (Å²) in [6.45, 7) is 4.40. The van der Waals surface area contributed by atoms with Crippen molar-refractivity contribution in [2.24, 2.45) is 5.92 Å². The highest BCUT2D eigenvalue weighted by Gasteiger charge is 2.25. The molecule has 0 amide bonds. The Bertz CT molecular complexity index is 395. The Hall–Kier alpha value is -0.350. The predicted molar refractivity (Wildman–Crippen MR) is 67.3 cm³/mol. The van der Waals surface area contributed by atoms with Gasteiger partial charge in [-0.3, -0.25) is 0 Å². The molecule has 0 aromatic carbocycles. The van der Waals surface area contributed by atoms with Gasteiger partial charge >= 0.3 is 0 Å². The molecule has 2 heterocycles. The Morgan fingerprint density at radius 2 is 2.25 bits per heavy atom. The van der Waals surface area contributed by atoms with Crippen molar-refractivity contribution in [1.29, 1.82) is 0 Å². The summed E-state index contributed by atoms with van der Waals surface area (Å²) in [5, 5.41) is 3.55. The van der Waals surface area contributed by atoms with Gasteiger partial charge in [-0.15, -0.1) is 0 Å².